The number of aliphatic hydroxyl groups is 1. The van der Waals surface area contributed by atoms with Gasteiger partial charge in [-0.3, -0.25) is 52.7 Å². The van der Waals surface area contributed by atoms with Crippen LogP contribution in [0.4, 0.5) is 4.79 Å². The van der Waals surface area contributed by atoms with Crippen molar-refractivity contribution < 1.29 is 67.4 Å². The third-order valence-corrected chi connectivity index (χ3v) is 17.9. The largest absolute Gasteiger partial charge is 0.453 e. The highest BCUT2D eigenvalue weighted by Crippen LogP contribution is 2.37. The van der Waals surface area contributed by atoms with Crippen molar-refractivity contribution in [2.24, 2.45) is 70.5 Å². The highest BCUT2D eigenvalue weighted by Gasteiger charge is 2.46. The SMILES string of the molecule is C/C=C/C[C@@H](C)[C@@H](O)[C@H]1C(=O)N[C@@H](CC)C(=O)C[C@H](C)C(=O)C[C@@H](C(C)(C)CN(C)C(=O)OC)C(=O)C[C@@H](C(C)C)C(=O)N(C)[C@@H](CC(C)C)C(=O)C[C@@H](C)C(=O)N[C@H](C)C(=O)N(C)[C@@H](CC(C)C)C(=O)C[C@@H](CC(C)C)C(=O)N(C)[C@@H](C(C)C)C(=O)N1C. The van der Waals surface area contributed by atoms with Crippen molar-refractivity contribution in [3.05, 3.63) is 12.2 Å². The number of ketones is 5. The molecule has 1 aliphatic heterocycles. The van der Waals surface area contributed by atoms with E-state index >= 15 is 9.59 Å². The number of carbonyl (C=O) groups excluding carboxylic acids is 12. The van der Waals surface area contributed by atoms with Crippen molar-refractivity contribution in [1.29, 1.82) is 0 Å². The number of nitrogens with one attached hydrogen (secondary N) is 2. The highest BCUT2D eigenvalue weighted by atomic mass is 16.5. The van der Waals surface area contributed by atoms with Crippen LogP contribution in [0.15, 0.2) is 12.2 Å². The van der Waals surface area contributed by atoms with Gasteiger partial charge in [0, 0.05) is 103 Å². The summed E-state index contributed by atoms with van der Waals surface area (Å²) in [6.07, 6.45) is 0.685. The molecule has 0 aromatic heterocycles. The Bertz CT molecular complexity index is 2470. The third kappa shape index (κ3) is 23.7. The molecular formula is C68H117N7O14. The second kappa shape index (κ2) is 36.9. The van der Waals surface area contributed by atoms with Crippen LogP contribution < -0.4 is 10.6 Å². The van der Waals surface area contributed by atoms with Gasteiger partial charge in [-0.05, 0) is 86.9 Å². The summed E-state index contributed by atoms with van der Waals surface area (Å²) in [4.78, 5) is 181. The number of ether oxygens (including phenoxy) is 1. The van der Waals surface area contributed by atoms with E-state index in [0.717, 1.165) is 4.90 Å². The number of aliphatic hydroxyl groups excluding tert-OH is 1. The van der Waals surface area contributed by atoms with E-state index < -0.39 is 172 Å². The lowest BCUT2D eigenvalue weighted by Crippen LogP contribution is -2.62. The molecule has 3 N–H and O–H groups in total. The van der Waals surface area contributed by atoms with E-state index in [1.165, 1.54) is 68.9 Å². The predicted molar refractivity (Wildman–Crippen MR) is 344 cm³/mol. The standard InChI is InChI=1S/C68H117N7O14/c1-25-27-28-43(13)60(81)59-62(83)70-50(26-2)55(78)32-44(14)53(76)36-49(68(17,18)37-71(19)67(88)89-24)54(77)35-48(41(9)10)65(86)73(21)51(30-39(5)6)56(79)33-45(15)61(82)69-46(16)63(84)72(20)52(31-40(7)8)57(80)34-47(29-38(3)4)64(85)74(22)58(42(11)12)66(87)75(59)23/h25,27,38-52,58-60,81H,26,28-37H2,1-24H3,(H,69,82)(H,70,83)/b27-25+/t43-,44+,45-,46-,47-,48+,49-,50+,51+,52+,58+,59+,60-/m1/s1. The average molecular weight is 1260 g/mol. The van der Waals surface area contributed by atoms with Crippen LogP contribution in [0.1, 0.15) is 189 Å². The molecule has 21 heteroatoms. The number of hydrogen-bond donors (Lipinski definition) is 3. The van der Waals surface area contributed by atoms with Gasteiger partial charge >= 0.3 is 6.09 Å². The average Bonchev–Trinajstić information content (AvgIpc) is 1.32. The predicted octanol–water partition coefficient (Wildman–Crippen LogP) is 7.76. The molecule has 0 saturated carbocycles. The summed E-state index contributed by atoms with van der Waals surface area (Å²) in [5.41, 5.74) is -1.13. The Labute approximate surface area is 533 Å². The van der Waals surface area contributed by atoms with Crippen LogP contribution >= 0.6 is 0 Å². The molecule has 1 fully saturated rings. The Balaban J connectivity index is 4.37. The molecule has 0 aliphatic carbocycles. The summed E-state index contributed by atoms with van der Waals surface area (Å²) < 4.78 is 4.97. The topological polar surface area (TPSA) is 275 Å². The van der Waals surface area contributed by atoms with Gasteiger partial charge in [0.25, 0.3) is 0 Å². The Hall–Kier alpha value is -5.86. The van der Waals surface area contributed by atoms with E-state index in [2.05, 4.69) is 10.6 Å². The molecule has 0 bridgehead atoms. The summed E-state index contributed by atoms with van der Waals surface area (Å²) in [6.45, 7) is 31.5. The highest BCUT2D eigenvalue weighted by molar-refractivity contribution is 6.00. The maximum absolute atomic E-state index is 15.1. The fraction of sp³-hybridized carbons (Fsp3) is 0.794. The first-order valence-electron chi connectivity index (χ1n) is 32.4. The number of nitrogens with zero attached hydrogens (tertiary/aromatic N) is 5. The fourth-order valence-electron chi connectivity index (χ4n) is 12.3. The van der Waals surface area contributed by atoms with Crippen molar-refractivity contribution in [1.82, 2.24) is 35.1 Å². The minimum atomic E-state index is -1.60. The van der Waals surface area contributed by atoms with Crippen LogP contribution in [0.5, 0.6) is 0 Å². The normalized spacial score (nSPS) is 27.2. The molecule has 13 atom stereocenters. The lowest BCUT2D eigenvalue weighted by atomic mass is 9.70. The molecule has 508 valence electrons. The molecule has 1 aliphatic rings. The molecule has 0 aromatic rings. The van der Waals surface area contributed by atoms with Gasteiger partial charge < -0.3 is 45.0 Å². The first-order chi connectivity index (χ1) is 41.0. The zero-order valence-corrected chi connectivity index (χ0v) is 58.8. The van der Waals surface area contributed by atoms with E-state index in [4.69, 9.17) is 4.74 Å². The van der Waals surface area contributed by atoms with Crippen LogP contribution in [-0.4, -0.2) is 191 Å². The molecular weight excluding hydrogens is 1140 g/mol. The van der Waals surface area contributed by atoms with Gasteiger partial charge in [-0.15, -0.1) is 0 Å². The molecule has 1 heterocycles. The maximum atomic E-state index is 15.1. The number of methoxy groups -OCH3 is 1. The molecule has 1 rings (SSSR count). The molecule has 7 amide bonds. The van der Waals surface area contributed by atoms with Gasteiger partial charge in [0.2, 0.25) is 35.4 Å². The number of hydrogen-bond acceptors (Lipinski definition) is 14. The number of Topliss-reactive ketones (excluding diaryl/α,β-unsaturated/α-hetero) is 5. The summed E-state index contributed by atoms with van der Waals surface area (Å²) in [6, 6.07) is -7.26. The molecule has 21 nitrogen and oxygen atoms in total. The van der Waals surface area contributed by atoms with Crippen molar-refractivity contribution in [3.8, 4) is 0 Å². The quantitative estimate of drug-likeness (QED) is 0.125. The van der Waals surface area contributed by atoms with Gasteiger partial charge in [0.1, 0.15) is 29.7 Å². The number of rotatable bonds is 16. The number of carbonyl (C=O) groups is 12. The molecule has 0 aromatic carbocycles. The Morgan fingerprint density at radius 3 is 1.57 bits per heavy atom. The summed E-state index contributed by atoms with van der Waals surface area (Å²) in [5, 5.41) is 17.6. The Kier molecular flexibility index (Phi) is 33.6. The van der Waals surface area contributed by atoms with E-state index in [-0.39, 0.29) is 75.7 Å². The molecule has 0 unspecified atom stereocenters. The monoisotopic (exact) mass is 1260 g/mol. The fourth-order valence-corrected chi connectivity index (χ4v) is 12.3. The zero-order chi connectivity index (χ0) is 69.0. The molecule has 0 radical (unpaired) electrons. The van der Waals surface area contributed by atoms with Gasteiger partial charge in [-0.1, -0.05) is 123 Å². The molecule has 1 saturated heterocycles. The smallest absolute Gasteiger partial charge is 0.409 e. The van der Waals surface area contributed by atoms with Gasteiger partial charge in [-0.2, -0.15) is 0 Å². The Morgan fingerprint density at radius 1 is 0.607 bits per heavy atom. The second-order valence-corrected chi connectivity index (χ2v) is 28.4. The van der Waals surface area contributed by atoms with Gasteiger partial charge in [0.05, 0.1) is 31.3 Å². The van der Waals surface area contributed by atoms with Crippen LogP contribution in [0.2, 0.25) is 0 Å². The van der Waals surface area contributed by atoms with Crippen molar-refractivity contribution >= 4 is 70.5 Å². The van der Waals surface area contributed by atoms with Gasteiger partial charge in [-0.25, -0.2) is 4.79 Å². The summed E-state index contributed by atoms with van der Waals surface area (Å²) in [7, 11) is 8.48. The van der Waals surface area contributed by atoms with Crippen LogP contribution in [-0.2, 0) is 57.5 Å². The summed E-state index contributed by atoms with van der Waals surface area (Å²) in [5.74, 6) is -13.1. The Morgan fingerprint density at radius 2 is 1.10 bits per heavy atom. The van der Waals surface area contributed by atoms with E-state index in [1.807, 2.05) is 47.6 Å². The van der Waals surface area contributed by atoms with Crippen molar-refractivity contribution in [3.63, 3.8) is 0 Å². The van der Waals surface area contributed by atoms with Crippen molar-refractivity contribution in [2.45, 2.75) is 231 Å². The van der Waals surface area contributed by atoms with Crippen LogP contribution in [0, 0.1) is 70.5 Å². The minimum Gasteiger partial charge on any atom is -0.453 e. The molecule has 89 heavy (non-hydrogen) atoms. The minimum absolute atomic E-state index is 0.0492. The summed E-state index contributed by atoms with van der Waals surface area (Å²) >= 11 is 0. The van der Waals surface area contributed by atoms with E-state index in [9.17, 15) is 53.1 Å². The number of amides is 7. The lowest BCUT2D eigenvalue weighted by Gasteiger charge is -2.40. The first kappa shape index (κ1) is 81.2. The van der Waals surface area contributed by atoms with Crippen LogP contribution in [0.3, 0.4) is 0 Å². The third-order valence-electron chi connectivity index (χ3n) is 17.9. The number of likely N-dealkylation sites (N-methyl/N-ethyl adjacent to an activating group) is 4. The van der Waals surface area contributed by atoms with Crippen molar-refractivity contribution in [2.75, 3.05) is 48.9 Å². The number of allylic oxidation sites excluding steroid dienone is 2. The van der Waals surface area contributed by atoms with Gasteiger partial charge in [0.15, 0.2) is 17.3 Å². The van der Waals surface area contributed by atoms with Crippen LogP contribution in [0.25, 0.3) is 0 Å². The first-order valence-corrected chi connectivity index (χ1v) is 32.4. The lowest BCUT2D eigenvalue weighted by molar-refractivity contribution is -0.155. The van der Waals surface area contributed by atoms with E-state index in [1.54, 1.807) is 82.2 Å². The van der Waals surface area contributed by atoms with E-state index in [0.29, 0.717) is 6.42 Å². The molecule has 0 spiro atoms. The zero-order valence-electron chi connectivity index (χ0n) is 58.8. The maximum Gasteiger partial charge on any atom is 0.409 e. The second-order valence-electron chi connectivity index (χ2n) is 28.4.